The van der Waals surface area contributed by atoms with E-state index in [1.165, 1.54) is 13.8 Å². The van der Waals surface area contributed by atoms with Gasteiger partial charge in [0, 0.05) is 25.6 Å². The number of ether oxygens (including phenoxy) is 2. The second kappa shape index (κ2) is 9.07. The van der Waals surface area contributed by atoms with E-state index in [9.17, 15) is 9.59 Å². The molecule has 1 heterocycles. The Morgan fingerprint density at radius 2 is 1.80 bits per heavy atom. The average Bonchev–Trinajstić information content (AvgIpc) is 2.41. The lowest BCUT2D eigenvalue weighted by atomic mass is 10.1. The highest BCUT2D eigenvalue weighted by Crippen LogP contribution is 2.26. The Morgan fingerprint density at radius 3 is 2.25 bits per heavy atom. The van der Waals surface area contributed by atoms with Crippen molar-refractivity contribution in [1.29, 1.82) is 0 Å². The Kier molecular flexibility index (Phi) is 8.20. The molecule has 0 aliphatic rings. The fourth-order valence-corrected chi connectivity index (χ4v) is 1.59. The van der Waals surface area contributed by atoms with Crippen LogP contribution in [0, 0.1) is 6.92 Å². The third-order valence-electron chi connectivity index (χ3n) is 2.45. The first-order chi connectivity index (χ1) is 9.45. The summed E-state index contributed by atoms with van der Waals surface area (Å²) < 4.78 is 10.1. The fraction of sp³-hybridized carbons (Fsp3) is 0.533. The molecule has 112 valence electrons. The lowest BCUT2D eigenvalue weighted by Crippen LogP contribution is -2.11. The molecule has 5 nitrogen and oxygen atoms in total. The number of aromatic nitrogens is 1. The number of pyridine rings is 1. The maximum Gasteiger partial charge on any atom is 0.308 e. The van der Waals surface area contributed by atoms with Crippen molar-refractivity contribution < 1.29 is 19.1 Å². The summed E-state index contributed by atoms with van der Waals surface area (Å²) in [5, 5.41) is 0. The minimum atomic E-state index is -0.419. The second-order valence-corrected chi connectivity index (χ2v) is 3.90. The van der Waals surface area contributed by atoms with Gasteiger partial charge in [-0.25, -0.2) is 0 Å². The first-order valence-electron chi connectivity index (χ1n) is 6.74. The molecule has 0 N–H and O–H groups in total. The number of hydrogen-bond acceptors (Lipinski definition) is 5. The number of carbonyl (C=O) groups is 2. The number of nitrogens with zero attached hydrogens (tertiary/aromatic N) is 1. The molecule has 0 aliphatic carbocycles. The molecule has 1 rings (SSSR count). The summed E-state index contributed by atoms with van der Waals surface area (Å²) in [7, 11) is 0. The van der Waals surface area contributed by atoms with E-state index in [0.29, 0.717) is 17.0 Å². The molecule has 5 heteroatoms. The topological polar surface area (TPSA) is 65.5 Å². The van der Waals surface area contributed by atoms with Gasteiger partial charge in [0.2, 0.25) is 0 Å². The summed E-state index contributed by atoms with van der Waals surface area (Å²) in [6, 6.07) is 0. The lowest BCUT2D eigenvalue weighted by molar-refractivity contribution is -0.142. The minimum Gasteiger partial charge on any atom is -0.461 e. The minimum absolute atomic E-state index is 0.0878. The third-order valence-corrected chi connectivity index (χ3v) is 2.45. The zero-order valence-electron chi connectivity index (χ0n) is 13.1. The maximum atomic E-state index is 11.1. The molecule has 0 fully saturated rings. The van der Waals surface area contributed by atoms with Gasteiger partial charge in [-0.2, -0.15) is 0 Å². The zero-order valence-corrected chi connectivity index (χ0v) is 13.1. The highest BCUT2D eigenvalue weighted by atomic mass is 16.5. The first kappa shape index (κ1) is 18.1. The van der Waals surface area contributed by atoms with E-state index in [-0.39, 0.29) is 12.6 Å². The predicted molar refractivity (Wildman–Crippen MR) is 76.5 cm³/mol. The van der Waals surface area contributed by atoms with E-state index in [4.69, 9.17) is 9.47 Å². The van der Waals surface area contributed by atoms with Crippen molar-refractivity contribution in [3.8, 4) is 5.75 Å². The summed E-state index contributed by atoms with van der Waals surface area (Å²) in [5.74, 6) is -0.402. The van der Waals surface area contributed by atoms with Gasteiger partial charge in [-0.15, -0.1) is 0 Å². The van der Waals surface area contributed by atoms with E-state index < -0.39 is 5.97 Å². The molecule has 0 aromatic carbocycles. The van der Waals surface area contributed by atoms with Crippen LogP contribution >= 0.6 is 0 Å². The van der Waals surface area contributed by atoms with Crippen LogP contribution in [0.1, 0.15) is 51.4 Å². The highest BCUT2D eigenvalue weighted by molar-refractivity contribution is 5.70. The van der Waals surface area contributed by atoms with E-state index >= 15 is 0 Å². The van der Waals surface area contributed by atoms with Gasteiger partial charge in [0.1, 0.15) is 6.61 Å². The van der Waals surface area contributed by atoms with Crippen molar-refractivity contribution in [1.82, 2.24) is 4.98 Å². The Morgan fingerprint density at radius 1 is 1.20 bits per heavy atom. The van der Waals surface area contributed by atoms with Gasteiger partial charge in [-0.3, -0.25) is 14.6 Å². The number of hydrogen-bond donors (Lipinski definition) is 0. The molecule has 0 amide bonds. The van der Waals surface area contributed by atoms with Crippen LogP contribution in [0.25, 0.3) is 0 Å². The Hall–Kier alpha value is -1.91. The second-order valence-electron chi connectivity index (χ2n) is 3.90. The van der Waals surface area contributed by atoms with Crippen LogP contribution in [-0.2, 0) is 27.4 Å². The van der Waals surface area contributed by atoms with Crippen LogP contribution in [-0.4, -0.2) is 16.9 Å². The van der Waals surface area contributed by atoms with Crippen molar-refractivity contribution in [2.75, 3.05) is 0 Å². The Bertz CT molecular complexity index is 469. The number of carbonyl (C=O) groups excluding carboxylic acids is 2. The summed E-state index contributed by atoms with van der Waals surface area (Å²) in [6.07, 6.45) is 2.43. The van der Waals surface area contributed by atoms with Gasteiger partial charge in [0.25, 0.3) is 0 Å². The van der Waals surface area contributed by atoms with Crippen molar-refractivity contribution >= 4 is 11.9 Å². The molecule has 0 unspecified atom stereocenters. The van der Waals surface area contributed by atoms with Crippen molar-refractivity contribution in [2.45, 2.75) is 54.6 Å². The van der Waals surface area contributed by atoms with Crippen LogP contribution in [0.3, 0.4) is 0 Å². The average molecular weight is 281 g/mol. The van der Waals surface area contributed by atoms with Gasteiger partial charge in [0.15, 0.2) is 5.75 Å². The van der Waals surface area contributed by atoms with Gasteiger partial charge in [0.05, 0.1) is 5.69 Å². The number of aryl methyl sites for hydroxylation is 2. The monoisotopic (exact) mass is 281 g/mol. The summed E-state index contributed by atoms with van der Waals surface area (Å²) in [4.78, 5) is 26.2. The van der Waals surface area contributed by atoms with Gasteiger partial charge >= 0.3 is 11.9 Å². The van der Waals surface area contributed by atoms with Crippen LogP contribution in [0.15, 0.2) is 6.20 Å². The molecule has 0 saturated heterocycles. The van der Waals surface area contributed by atoms with E-state index in [2.05, 4.69) is 4.98 Å². The highest BCUT2D eigenvalue weighted by Gasteiger charge is 2.16. The molecule has 0 bridgehead atoms. The van der Waals surface area contributed by atoms with Crippen LogP contribution in [0.4, 0.5) is 0 Å². The smallest absolute Gasteiger partial charge is 0.308 e. The molecule has 0 aliphatic heterocycles. The van der Waals surface area contributed by atoms with Gasteiger partial charge in [-0.1, -0.05) is 20.8 Å². The Balaban J connectivity index is 0.00000172. The molecular formula is C15H23NO4. The van der Waals surface area contributed by atoms with Crippen molar-refractivity contribution in [3.05, 3.63) is 23.0 Å². The molecule has 1 aromatic rings. The number of rotatable bonds is 4. The van der Waals surface area contributed by atoms with E-state index in [0.717, 1.165) is 12.0 Å². The molecule has 20 heavy (non-hydrogen) atoms. The number of esters is 2. The molecule has 0 atom stereocenters. The normalized spacial score (nSPS) is 9.30. The first-order valence-corrected chi connectivity index (χ1v) is 6.74. The largest absolute Gasteiger partial charge is 0.461 e. The molecule has 1 aromatic heterocycles. The Labute approximate surface area is 120 Å². The van der Waals surface area contributed by atoms with Crippen LogP contribution in [0.5, 0.6) is 5.75 Å². The van der Waals surface area contributed by atoms with Crippen molar-refractivity contribution in [3.63, 3.8) is 0 Å². The maximum absolute atomic E-state index is 11.1. The van der Waals surface area contributed by atoms with Crippen LogP contribution in [0.2, 0.25) is 0 Å². The van der Waals surface area contributed by atoms with E-state index in [1.54, 1.807) is 13.1 Å². The van der Waals surface area contributed by atoms with Gasteiger partial charge in [-0.05, 0) is 18.9 Å². The molecule has 0 spiro atoms. The third kappa shape index (κ3) is 5.38. The standard InChI is InChI=1S/C13H17NO4.C2H6/c1-5-11-6-14-8(2)13(18-10(4)16)12(11)7-17-9(3)15;1-2/h6H,5,7H2,1-4H3;1-2H3. The molecular weight excluding hydrogens is 258 g/mol. The lowest BCUT2D eigenvalue weighted by Gasteiger charge is -2.14. The van der Waals surface area contributed by atoms with Crippen molar-refractivity contribution in [2.24, 2.45) is 0 Å². The quantitative estimate of drug-likeness (QED) is 0.794. The summed E-state index contributed by atoms with van der Waals surface area (Å²) in [5.41, 5.74) is 2.21. The molecule has 0 saturated carbocycles. The fourth-order valence-electron chi connectivity index (χ4n) is 1.59. The summed E-state index contributed by atoms with van der Waals surface area (Å²) >= 11 is 0. The predicted octanol–water partition coefficient (Wildman–Crippen LogP) is 2.97. The van der Waals surface area contributed by atoms with E-state index in [1.807, 2.05) is 20.8 Å². The SMILES string of the molecule is CC.CCc1cnc(C)c(OC(C)=O)c1COC(C)=O. The zero-order chi connectivity index (χ0) is 15.7. The van der Waals surface area contributed by atoms with Crippen LogP contribution < -0.4 is 4.74 Å². The summed E-state index contributed by atoms with van der Waals surface area (Å²) in [6.45, 7) is 10.5. The van der Waals surface area contributed by atoms with Gasteiger partial charge < -0.3 is 9.47 Å². The molecule has 0 radical (unpaired) electrons.